The largest absolute Gasteiger partial charge is 0.504 e. The maximum atomic E-state index is 10.00. The van der Waals surface area contributed by atoms with E-state index < -0.39 is 0 Å². The lowest BCUT2D eigenvalue weighted by Gasteiger charge is -2.10. The number of ether oxygens (including phenoxy) is 2. The van der Waals surface area contributed by atoms with Gasteiger partial charge in [0, 0.05) is 30.2 Å². The number of methoxy groups -OCH3 is 1. The first-order chi connectivity index (χ1) is 16.1. The molecule has 0 spiro atoms. The van der Waals surface area contributed by atoms with Crippen LogP contribution < -0.4 is 15.2 Å². The van der Waals surface area contributed by atoms with Gasteiger partial charge in [0.1, 0.15) is 24.5 Å². The van der Waals surface area contributed by atoms with Crippen LogP contribution >= 0.6 is 0 Å². The van der Waals surface area contributed by atoms with Gasteiger partial charge in [-0.15, -0.1) is 0 Å². The number of imidazole rings is 1. The standard InChI is InChI=1S/C24H22N6O3/c1-32-21-11-16(5-6-20(21)31)19-13-30(24-22(19)23(25)27-14-28-24)17-3-2-4-18(12-17)33-10-9-29-8-7-26-15-29/h2-8,11-15,31H,9-10H2,1H3,(H2,25,27,28). The van der Waals surface area contributed by atoms with Gasteiger partial charge in [-0.05, 0) is 29.8 Å². The van der Waals surface area contributed by atoms with E-state index >= 15 is 0 Å². The van der Waals surface area contributed by atoms with E-state index in [4.69, 9.17) is 15.2 Å². The minimum atomic E-state index is 0.0646. The maximum Gasteiger partial charge on any atom is 0.161 e. The third-order valence-corrected chi connectivity index (χ3v) is 5.38. The lowest BCUT2D eigenvalue weighted by Crippen LogP contribution is -2.06. The fourth-order valence-corrected chi connectivity index (χ4v) is 3.76. The minimum Gasteiger partial charge on any atom is -0.504 e. The zero-order chi connectivity index (χ0) is 22.8. The van der Waals surface area contributed by atoms with Crippen LogP contribution in [0.1, 0.15) is 0 Å². The molecule has 3 aromatic heterocycles. The van der Waals surface area contributed by atoms with Crippen molar-refractivity contribution in [3.63, 3.8) is 0 Å². The Hall–Kier alpha value is -4.53. The molecular weight excluding hydrogens is 420 g/mol. The van der Waals surface area contributed by atoms with E-state index in [1.807, 2.05) is 45.8 Å². The number of nitrogen functional groups attached to an aromatic ring is 1. The van der Waals surface area contributed by atoms with Gasteiger partial charge in [-0.2, -0.15) is 0 Å². The van der Waals surface area contributed by atoms with Gasteiger partial charge in [0.15, 0.2) is 17.1 Å². The van der Waals surface area contributed by atoms with E-state index in [1.54, 1.807) is 30.7 Å². The molecule has 0 unspecified atom stereocenters. The van der Waals surface area contributed by atoms with Crippen LogP contribution in [0.2, 0.25) is 0 Å². The number of hydrogen-bond donors (Lipinski definition) is 2. The molecule has 0 saturated heterocycles. The van der Waals surface area contributed by atoms with Crippen molar-refractivity contribution < 1.29 is 14.6 Å². The van der Waals surface area contributed by atoms with Crippen molar-refractivity contribution in [1.82, 2.24) is 24.1 Å². The van der Waals surface area contributed by atoms with Crippen LogP contribution in [0.4, 0.5) is 5.82 Å². The third-order valence-electron chi connectivity index (χ3n) is 5.38. The highest BCUT2D eigenvalue weighted by molar-refractivity contribution is 6.01. The SMILES string of the molecule is COc1cc(-c2cn(-c3cccc(OCCn4ccnc4)c3)c3ncnc(N)c23)ccc1O. The van der Waals surface area contributed by atoms with Crippen molar-refractivity contribution >= 4 is 16.9 Å². The van der Waals surface area contributed by atoms with Crippen LogP contribution in [0.5, 0.6) is 17.2 Å². The Labute approximate surface area is 189 Å². The first kappa shape index (κ1) is 20.4. The molecule has 9 nitrogen and oxygen atoms in total. The number of benzene rings is 2. The molecule has 0 aliphatic carbocycles. The van der Waals surface area contributed by atoms with Gasteiger partial charge in [0.2, 0.25) is 0 Å². The molecular formula is C24H22N6O3. The number of anilines is 1. The lowest BCUT2D eigenvalue weighted by atomic mass is 10.1. The van der Waals surface area contributed by atoms with Gasteiger partial charge in [0.25, 0.3) is 0 Å². The van der Waals surface area contributed by atoms with E-state index in [0.29, 0.717) is 30.4 Å². The molecule has 3 heterocycles. The Morgan fingerprint density at radius 3 is 2.85 bits per heavy atom. The summed E-state index contributed by atoms with van der Waals surface area (Å²) in [7, 11) is 1.51. The van der Waals surface area contributed by atoms with E-state index in [9.17, 15) is 5.11 Å². The molecule has 9 heteroatoms. The molecule has 33 heavy (non-hydrogen) atoms. The van der Waals surface area contributed by atoms with Crippen molar-refractivity contribution in [3.8, 4) is 34.1 Å². The smallest absolute Gasteiger partial charge is 0.161 e. The van der Waals surface area contributed by atoms with Crippen LogP contribution in [0.15, 0.2) is 73.7 Å². The molecule has 5 aromatic rings. The van der Waals surface area contributed by atoms with Crippen LogP contribution in [0.25, 0.3) is 27.8 Å². The highest BCUT2D eigenvalue weighted by Gasteiger charge is 2.17. The zero-order valence-electron chi connectivity index (χ0n) is 17.9. The monoisotopic (exact) mass is 442 g/mol. The Morgan fingerprint density at radius 1 is 1.12 bits per heavy atom. The summed E-state index contributed by atoms with van der Waals surface area (Å²) in [6, 6.07) is 12.9. The average Bonchev–Trinajstić information content (AvgIpc) is 3.48. The number of nitrogens with zero attached hydrogens (tertiary/aromatic N) is 5. The predicted molar refractivity (Wildman–Crippen MR) is 125 cm³/mol. The van der Waals surface area contributed by atoms with Crippen LogP contribution in [-0.4, -0.2) is 42.9 Å². The number of fused-ring (bicyclic) bond motifs is 1. The summed E-state index contributed by atoms with van der Waals surface area (Å²) in [5.41, 5.74) is 9.44. The number of aromatic hydroxyl groups is 1. The molecule has 0 saturated carbocycles. The first-order valence-corrected chi connectivity index (χ1v) is 10.3. The van der Waals surface area contributed by atoms with Crippen molar-refractivity contribution in [3.05, 3.63) is 73.7 Å². The number of phenols is 1. The van der Waals surface area contributed by atoms with Gasteiger partial charge in [0.05, 0.1) is 31.1 Å². The average molecular weight is 442 g/mol. The number of aromatic nitrogens is 5. The molecule has 3 N–H and O–H groups in total. The number of hydrogen-bond acceptors (Lipinski definition) is 7. The van der Waals surface area contributed by atoms with Gasteiger partial charge in [-0.25, -0.2) is 15.0 Å². The number of rotatable bonds is 7. The molecule has 0 radical (unpaired) electrons. The molecule has 0 aliphatic heterocycles. The molecule has 166 valence electrons. The lowest BCUT2D eigenvalue weighted by molar-refractivity contribution is 0.298. The second-order valence-corrected chi connectivity index (χ2v) is 7.40. The van der Waals surface area contributed by atoms with Crippen molar-refractivity contribution in [2.24, 2.45) is 0 Å². The van der Waals surface area contributed by atoms with Crippen LogP contribution in [0, 0.1) is 0 Å². The topological polar surface area (TPSA) is 113 Å². The molecule has 0 atom stereocenters. The second kappa shape index (κ2) is 8.54. The summed E-state index contributed by atoms with van der Waals surface area (Å²) >= 11 is 0. The quantitative estimate of drug-likeness (QED) is 0.395. The van der Waals surface area contributed by atoms with Gasteiger partial charge in [-0.1, -0.05) is 12.1 Å². The van der Waals surface area contributed by atoms with E-state index in [0.717, 1.165) is 28.0 Å². The number of nitrogens with two attached hydrogens (primary N) is 1. The van der Waals surface area contributed by atoms with E-state index in [2.05, 4.69) is 15.0 Å². The highest BCUT2D eigenvalue weighted by atomic mass is 16.5. The minimum absolute atomic E-state index is 0.0646. The fraction of sp³-hybridized carbons (Fsp3) is 0.125. The summed E-state index contributed by atoms with van der Waals surface area (Å²) in [6.45, 7) is 1.22. The second-order valence-electron chi connectivity index (χ2n) is 7.40. The number of phenolic OH excluding ortho intramolecular Hbond substituents is 1. The summed E-state index contributed by atoms with van der Waals surface area (Å²) in [5.74, 6) is 1.55. The van der Waals surface area contributed by atoms with E-state index in [1.165, 1.54) is 13.4 Å². The van der Waals surface area contributed by atoms with Crippen molar-refractivity contribution in [2.75, 3.05) is 19.5 Å². The van der Waals surface area contributed by atoms with Crippen LogP contribution in [-0.2, 0) is 6.54 Å². The van der Waals surface area contributed by atoms with Gasteiger partial charge < -0.3 is 29.4 Å². The zero-order valence-corrected chi connectivity index (χ0v) is 17.9. The molecule has 2 aromatic carbocycles. The highest BCUT2D eigenvalue weighted by Crippen LogP contribution is 2.38. The molecule has 5 rings (SSSR count). The summed E-state index contributed by atoms with van der Waals surface area (Å²) < 4.78 is 15.1. The summed E-state index contributed by atoms with van der Waals surface area (Å²) in [4.78, 5) is 12.7. The Bertz CT molecular complexity index is 1410. The fourth-order valence-electron chi connectivity index (χ4n) is 3.76. The van der Waals surface area contributed by atoms with Gasteiger partial charge in [-0.3, -0.25) is 0 Å². The maximum absolute atomic E-state index is 10.00. The molecule has 0 fully saturated rings. The summed E-state index contributed by atoms with van der Waals surface area (Å²) in [5, 5.41) is 10.7. The molecule has 0 aliphatic rings. The Balaban J connectivity index is 1.53. The van der Waals surface area contributed by atoms with Crippen molar-refractivity contribution in [1.29, 1.82) is 0 Å². The first-order valence-electron chi connectivity index (χ1n) is 10.3. The Kier molecular flexibility index (Phi) is 5.27. The third kappa shape index (κ3) is 3.91. The van der Waals surface area contributed by atoms with Crippen LogP contribution in [0.3, 0.4) is 0 Å². The predicted octanol–water partition coefficient (Wildman–Crippen LogP) is 3.66. The van der Waals surface area contributed by atoms with E-state index in [-0.39, 0.29) is 5.75 Å². The van der Waals surface area contributed by atoms with Gasteiger partial charge >= 0.3 is 0 Å². The van der Waals surface area contributed by atoms with Crippen molar-refractivity contribution in [2.45, 2.75) is 6.54 Å². The Morgan fingerprint density at radius 2 is 2.03 bits per heavy atom. The molecule has 0 bridgehead atoms. The normalized spacial score (nSPS) is 11.1. The molecule has 0 amide bonds. The summed E-state index contributed by atoms with van der Waals surface area (Å²) in [6.07, 6.45) is 8.80.